The highest BCUT2D eigenvalue weighted by Crippen LogP contribution is 2.26. The van der Waals surface area contributed by atoms with Gasteiger partial charge in [0.15, 0.2) is 0 Å². The Morgan fingerprint density at radius 1 is 0.727 bits per heavy atom. The third-order valence-corrected chi connectivity index (χ3v) is 3.86. The number of nitrogens with one attached hydrogen (secondary N) is 2. The normalized spacial score (nSPS) is 14.5. The molecule has 2 aromatic rings. The molecule has 2 N–H and O–H groups in total. The van der Waals surface area contributed by atoms with Crippen LogP contribution in [-0.2, 0) is 22.4 Å². The summed E-state index contributed by atoms with van der Waals surface area (Å²) < 4.78 is 0. The van der Waals surface area contributed by atoms with E-state index in [4.69, 9.17) is 23.2 Å². The van der Waals surface area contributed by atoms with E-state index < -0.39 is 0 Å². The summed E-state index contributed by atoms with van der Waals surface area (Å²) in [4.78, 5) is 21.7. The van der Waals surface area contributed by atoms with Crippen LogP contribution in [0.25, 0.3) is 0 Å². The lowest BCUT2D eigenvalue weighted by atomic mass is 10.2. The molecule has 0 radical (unpaired) electrons. The average molecular weight is 335 g/mol. The molecule has 6 heteroatoms. The first-order chi connectivity index (χ1) is 10.5. The van der Waals surface area contributed by atoms with E-state index in [0.29, 0.717) is 22.9 Å². The first kappa shape index (κ1) is 14.9. The number of fused-ring (bicyclic) bond motifs is 2. The lowest BCUT2D eigenvalue weighted by Gasteiger charge is -1.96. The Labute approximate surface area is 137 Å². The van der Waals surface area contributed by atoms with Gasteiger partial charge in [-0.2, -0.15) is 0 Å². The van der Waals surface area contributed by atoms with Gasteiger partial charge in [0.05, 0.1) is 12.8 Å². The number of carbonyl (C=O) groups excluding carboxylic acids is 2. The molecule has 2 heterocycles. The number of rotatable bonds is 0. The largest absolute Gasteiger partial charge is 0.326 e. The zero-order valence-corrected chi connectivity index (χ0v) is 13.0. The minimum Gasteiger partial charge on any atom is -0.326 e. The molecule has 0 aliphatic carbocycles. The predicted octanol–water partition coefficient (Wildman–Crippen LogP) is 3.67. The molecule has 2 amide bonds. The van der Waals surface area contributed by atoms with Crippen LogP contribution in [0.5, 0.6) is 0 Å². The van der Waals surface area contributed by atoms with Gasteiger partial charge in [0.1, 0.15) is 0 Å². The molecule has 2 aromatic carbocycles. The summed E-state index contributed by atoms with van der Waals surface area (Å²) in [5.41, 5.74) is 3.75. The van der Waals surface area contributed by atoms with Crippen LogP contribution in [0.15, 0.2) is 36.4 Å². The second kappa shape index (κ2) is 5.99. The number of benzene rings is 2. The van der Waals surface area contributed by atoms with Crippen LogP contribution < -0.4 is 10.6 Å². The fraction of sp³-hybridized carbons (Fsp3) is 0.125. The van der Waals surface area contributed by atoms with Crippen molar-refractivity contribution in [3.8, 4) is 0 Å². The number of hydrogen-bond donors (Lipinski definition) is 2. The second-order valence-corrected chi connectivity index (χ2v) is 5.93. The molecule has 0 unspecified atom stereocenters. The van der Waals surface area contributed by atoms with E-state index in [9.17, 15) is 9.59 Å². The van der Waals surface area contributed by atoms with Gasteiger partial charge >= 0.3 is 0 Å². The maximum Gasteiger partial charge on any atom is 0.228 e. The van der Waals surface area contributed by atoms with Gasteiger partial charge in [-0.1, -0.05) is 29.3 Å². The third-order valence-electron chi connectivity index (χ3n) is 3.39. The first-order valence-corrected chi connectivity index (χ1v) is 7.43. The fourth-order valence-corrected chi connectivity index (χ4v) is 2.75. The number of carbonyl (C=O) groups is 2. The summed E-state index contributed by atoms with van der Waals surface area (Å²) in [6.07, 6.45) is 0.933. The van der Waals surface area contributed by atoms with E-state index in [0.717, 1.165) is 22.5 Å². The van der Waals surface area contributed by atoms with E-state index in [1.54, 1.807) is 18.2 Å². The molecule has 0 atom stereocenters. The lowest BCUT2D eigenvalue weighted by Crippen LogP contribution is -2.03. The minimum atomic E-state index is 0.0438. The zero-order valence-electron chi connectivity index (χ0n) is 11.5. The van der Waals surface area contributed by atoms with Gasteiger partial charge < -0.3 is 10.6 Å². The van der Waals surface area contributed by atoms with E-state index in [1.165, 1.54) is 0 Å². The Hall–Kier alpha value is -2.04. The topological polar surface area (TPSA) is 58.2 Å². The molecular formula is C16H12Cl2N2O2. The van der Waals surface area contributed by atoms with E-state index in [-0.39, 0.29) is 11.8 Å². The molecule has 0 aromatic heterocycles. The molecule has 2 aliphatic heterocycles. The Bertz CT molecular complexity index is 709. The zero-order chi connectivity index (χ0) is 15.7. The van der Waals surface area contributed by atoms with Crippen molar-refractivity contribution in [3.05, 3.63) is 57.6 Å². The number of anilines is 2. The summed E-state index contributed by atoms with van der Waals surface area (Å²) in [5.74, 6) is 0.0875. The van der Waals surface area contributed by atoms with Crippen molar-refractivity contribution < 1.29 is 9.59 Å². The molecule has 0 spiro atoms. The van der Waals surface area contributed by atoms with Crippen LogP contribution in [0, 0.1) is 0 Å². The summed E-state index contributed by atoms with van der Waals surface area (Å²) >= 11 is 11.5. The highest BCUT2D eigenvalue weighted by molar-refractivity contribution is 6.31. The SMILES string of the molecule is O=C1Cc2cc(Cl)ccc2N1.O=C1Cc2ccc(Cl)cc2N1. The van der Waals surface area contributed by atoms with Crippen molar-refractivity contribution in [3.63, 3.8) is 0 Å². The summed E-state index contributed by atoms with van der Waals surface area (Å²) in [6.45, 7) is 0. The molecule has 0 saturated carbocycles. The van der Waals surface area contributed by atoms with Crippen LogP contribution in [-0.4, -0.2) is 11.8 Å². The average Bonchev–Trinajstić information content (AvgIpc) is 2.99. The molecule has 22 heavy (non-hydrogen) atoms. The number of hydrogen-bond acceptors (Lipinski definition) is 2. The molecule has 2 aliphatic rings. The van der Waals surface area contributed by atoms with Crippen LogP contribution in [0.1, 0.15) is 11.1 Å². The van der Waals surface area contributed by atoms with Gasteiger partial charge in [0.25, 0.3) is 0 Å². The predicted molar refractivity (Wildman–Crippen MR) is 87.6 cm³/mol. The van der Waals surface area contributed by atoms with Gasteiger partial charge in [-0.05, 0) is 41.5 Å². The van der Waals surface area contributed by atoms with Crippen molar-refractivity contribution in [2.75, 3.05) is 10.6 Å². The first-order valence-electron chi connectivity index (χ1n) is 6.68. The van der Waals surface area contributed by atoms with Crippen molar-refractivity contribution in [1.82, 2.24) is 0 Å². The van der Waals surface area contributed by atoms with E-state index in [2.05, 4.69) is 10.6 Å². The highest BCUT2D eigenvalue weighted by atomic mass is 35.5. The van der Waals surface area contributed by atoms with Gasteiger partial charge in [-0.3, -0.25) is 9.59 Å². The van der Waals surface area contributed by atoms with Crippen molar-refractivity contribution in [1.29, 1.82) is 0 Å². The maximum absolute atomic E-state index is 10.9. The summed E-state index contributed by atoms with van der Waals surface area (Å²) in [5, 5.41) is 6.78. The van der Waals surface area contributed by atoms with E-state index >= 15 is 0 Å². The lowest BCUT2D eigenvalue weighted by molar-refractivity contribution is -0.115. The number of amides is 2. The summed E-state index contributed by atoms with van der Waals surface area (Å²) in [7, 11) is 0. The van der Waals surface area contributed by atoms with E-state index in [1.807, 2.05) is 18.2 Å². The van der Waals surface area contributed by atoms with Gasteiger partial charge in [0.2, 0.25) is 11.8 Å². The van der Waals surface area contributed by atoms with Gasteiger partial charge in [-0.15, -0.1) is 0 Å². The number of halogens is 2. The molecule has 0 bridgehead atoms. The van der Waals surface area contributed by atoms with Gasteiger partial charge in [0, 0.05) is 21.4 Å². The quantitative estimate of drug-likeness (QED) is 0.772. The molecule has 0 saturated heterocycles. The van der Waals surface area contributed by atoms with Crippen molar-refractivity contribution in [2.24, 2.45) is 0 Å². The van der Waals surface area contributed by atoms with Crippen LogP contribution in [0.4, 0.5) is 11.4 Å². The summed E-state index contributed by atoms with van der Waals surface area (Å²) in [6, 6.07) is 10.8. The van der Waals surface area contributed by atoms with Gasteiger partial charge in [-0.25, -0.2) is 0 Å². The molecule has 0 fully saturated rings. The standard InChI is InChI=1S/2C8H6ClNO/c9-6-1-2-7-5(3-6)4-8(11)10-7;9-6-2-1-5-3-8(11)10-7(5)4-6/h1-3H,4H2,(H,10,11);1-2,4H,3H2,(H,10,11). The highest BCUT2D eigenvalue weighted by Gasteiger charge is 2.17. The maximum atomic E-state index is 10.9. The third kappa shape index (κ3) is 3.24. The Kier molecular flexibility index (Phi) is 4.05. The second-order valence-electron chi connectivity index (χ2n) is 5.05. The monoisotopic (exact) mass is 334 g/mol. The van der Waals surface area contributed by atoms with Crippen LogP contribution in [0.2, 0.25) is 10.0 Å². The van der Waals surface area contributed by atoms with Crippen molar-refractivity contribution >= 4 is 46.4 Å². The smallest absolute Gasteiger partial charge is 0.228 e. The Morgan fingerprint density at radius 3 is 2.09 bits per heavy atom. The Balaban J connectivity index is 0.000000131. The molecule has 112 valence electrons. The Morgan fingerprint density at radius 2 is 1.32 bits per heavy atom. The molecule has 4 nitrogen and oxygen atoms in total. The molecule has 4 rings (SSSR count). The fourth-order valence-electron chi connectivity index (χ4n) is 2.38. The van der Waals surface area contributed by atoms with Crippen LogP contribution in [0.3, 0.4) is 0 Å². The molecular weight excluding hydrogens is 323 g/mol. The van der Waals surface area contributed by atoms with Crippen LogP contribution >= 0.6 is 23.2 Å². The van der Waals surface area contributed by atoms with Crippen molar-refractivity contribution in [2.45, 2.75) is 12.8 Å². The minimum absolute atomic E-state index is 0.0438.